The van der Waals surface area contributed by atoms with Gasteiger partial charge in [0.2, 0.25) is 5.91 Å². The minimum absolute atomic E-state index is 0.261. The number of carbonyl (C=O) groups is 1. The van der Waals surface area contributed by atoms with Crippen LogP contribution in [0.2, 0.25) is 0 Å². The normalized spacial score (nSPS) is 20.1. The number of amides is 1. The predicted octanol–water partition coefficient (Wildman–Crippen LogP) is 3.13. The molecule has 1 aromatic carbocycles. The van der Waals surface area contributed by atoms with Crippen LogP contribution in [0.4, 0.5) is 5.69 Å². The molecular formula is C18H26N2O. The summed E-state index contributed by atoms with van der Waals surface area (Å²) in [6, 6.07) is 8.98. The smallest absolute Gasteiger partial charge is 0.223 e. The zero-order valence-corrected chi connectivity index (χ0v) is 13.0. The zero-order chi connectivity index (χ0) is 14.7. The van der Waals surface area contributed by atoms with Gasteiger partial charge in [-0.2, -0.15) is 0 Å². The van der Waals surface area contributed by atoms with Crippen molar-refractivity contribution < 1.29 is 4.79 Å². The van der Waals surface area contributed by atoms with Crippen LogP contribution in [0.15, 0.2) is 24.3 Å². The standard InChI is InChI=1S/C18H26N2O/c1-14(13-19-18(21)16-8-3-2-4-9-16)20-12-11-15-7-5-6-10-17(15)20/h5-7,10,14,16H,2-4,8-9,11-13H2,1H3,(H,19,21). The second-order valence-corrected chi connectivity index (χ2v) is 6.50. The predicted molar refractivity (Wildman–Crippen MR) is 86.5 cm³/mol. The van der Waals surface area contributed by atoms with Gasteiger partial charge in [-0.05, 0) is 37.8 Å². The molecule has 1 unspecified atom stereocenters. The summed E-state index contributed by atoms with van der Waals surface area (Å²) in [5.41, 5.74) is 2.78. The van der Waals surface area contributed by atoms with Crippen molar-refractivity contribution in [1.29, 1.82) is 0 Å². The average molecular weight is 286 g/mol. The molecule has 1 atom stereocenters. The number of hydrogen-bond acceptors (Lipinski definition) is 2. The maximum atomic E-state index is 12.2. The molecule has 0 radical (unpaired) electrons. The molecule has 2 aliphatic rings. The van der Waals surface area contributed by atoms with Crippen LogP contribution in [0.5, 0.6) is 0 Å². The number of hydrogen-bond donors (Lipinski definition) is 1. The largest absolute Gasteiger partial charge is 0.366 e. The Labute approximate surface area is 127 Å². The van der Waals surface area contributed by atoms with Gasteiger partial charge in [0.1, 0.15) is 0 Å². The van der Waals surface area contributed by atoms with Gasteiger partial charge in [0.15, 0.2) is 0 Å². The Bertz CT molecular complexity index is 494. The highest BCUT2D eigenvalue weighted by molar-refractivity contribution is 5.78. The van der Waals surface area contributed by atoms with E-state index in [4.69, 9.17) is 0 Å². The Balaban J connectivity index is 1.53. The van der Waals surface area contributed by atoms with Crippen LogP contribution in [-0.2, 0) is 11.2 Å². The molecule has 3 nitrogen and oxygen atoms in total. The molecule has 0 bridgehead atoms. The zero-order valence-electron chi connectivity index (χ0n) is 13.0. The quantitative estimate of drug-likeness (QED) is 0.922. The summed E-state index contributed by atoms with van der Waals surface area (Å²) in [7, 11) is 0. The van der Waals surface area contributed by atoms with Crippen molar-refractivity contribution in [1.82, 2.24) is 5.32 Å². The van der Waals surface area contributed by atoms with Crippen LogP contribution in [-0.4, -0.2) is 25.0 Å². The molecule has 1 saturated carbocycles. The Hall–Kier alpha value is -1.51. The fourth-order valence-corrected chi connectivity index (χ4v) is 3.69. The Morgan fingerprint density at radius 3 is 2.86 bits per heavy atom. The van der Waals surface area contributed by atoms with E-state index in [2.05, 4.69) is 41.4 Å². The van der Waals surface area contributed by atoms with Crippen LogP contribution in [0.1, 0.15) is 44.6 Å². The molecule has 1 aromatic rings. The van der Waals surface area contributed by atoms with E-state index in [0.29, 0.717) is 6.04 Å². The first-order valence-electron chi connectivity index (χ1n) is 8.38. The van der Waals surface area contributed by atoms with Gasteiger partial charge in [-0.15, -0.1) is 0 Å². The molecule has 3 heteroatoms. The number of nitrogens with one attached hydrogen (secondary N) is 1. The highest BCUT2D eigenvalue weighted by atomic mass is 16.1. The summed E-state index contributed by atoms with van der Waals surface area (Å²) in [5.74, 6) is 0.533. The van der Waals surface area contributed by atoms with E-state index in [1.165, 1.54) is 30.5 Å². The minimum atomic E-state index is 0.261. The van der Waals surface area contributed by atoms with E-state index in [0.717, 1.165) is 32.4 Å². The van der Waals surface area contributed by atoms with Crippen molar-refractivity contribution in [3.05, 3.63) is 29.8 Å². The van der Waals surface area contributed by atoms with Crippen molar-refractivity contribution in [3.8, 4) is 0 Å². The van der Waals surface area contributed by atoms with E-state index in [1.807, 2.05) is 0 Å². The van der Waals surface area contributed by atoms with Crippen LogP contribution in [0.25, 0.3) is 0 Å². The van der Waals surface area contributed by atoms with Crippen LogP contribution >= 0.6 is 0 Å². The number of nitrogens with zero attached hydrogens (tertiary/aromatic N) is 1. The number of rotatable bonds is 4. The first-order valence-corrected chi connectivity index (χ1v) is 8.38. The third-order valence-electron chi connectivity index (χ3n) is 5.00. The molecule has 1 aliphatic heterocycles. The van der Waals surface area contributed by atoms with E-state index in [-0.39, 0.29) is 11.8 Å². The molecular weight excluding hydrogens is 260 g/mol. The average Bonchev–Trinajstić information content (AvgIpc) is 2.97. The number of fused-ring (bicyclic) bond motifs is 1. The fourth-order valence-electron chi connectivity index (χ4n) is 3.69. The molecule has 1 amide bonds. The molecule has 1 fully saturated rings. The van der Waals surface area contributed by atoms with Crippen molar-refractivity contribution in [2.24, 2.45) is 5.92 Å². The summed E-state index contributed by atoms with van der Waals surface area (Å²) < 4.78 is 0. The summed E-state index contributed by atoms with van der Waals surface area (Å²) >= 11 is 0. The van der Waals surface area contributed by atoms with Crippen LogP contribution in [0.3, 0.4) is 0 Å². The molecule has 0 spiro atoms. The Morgan fingerprint density at radius 1 is 1.29 bits per heavy atom. The molecule has 1 N–H and O–H groups in total. The van der Waals surface area contributed by atoms with Crippen molar-refractivity contribution >= 4 is 11.6 Å². The maximum absolute atomic E-state index is 12.2. The lowest BCUT2D eigenvalue weighted by molar-refractivity contribution is -0.125. The highest BCUT2D eigenvalue weighted by Gasteiger charge is 2.25. The van der Waals surface area contributed by atoms with E-state index in [9.17, 15) is 4.79 Å². The van der Waals surface area contributed by atoms with Gasteiger partial charge >= 0.3 is 0 Å². The highest BCUT2D eigenvalue weighted by Crippen LogP contribution is 2.29. The lowest BCUT2D eigenvalue weighted by Gasteiger charge is -2.28. The number of carbonyl (C=O) groups excluding carboxylic acids is 1. The second-order valence-electron chi connectivity index (χ2n) is 6.50. The van der Waals surface area contributed by atoms with Crippen LogP contribution in [0, 0.1) is 5.92 Å². The molecule has 114 valence electrons. The van der Waals surface area contributed by atoms with Gasteiger partial charge in [-0.25, -0.2) is 0 Å². The molecule has 1 heterocycles. The Kier molecular flexibility index (Phi) is 4.47. The summed E-state index contributed by atoms with van der Waals surface area (Å²) in [5, 5.41) is 3.18. The van der Waals surface area contributed by atoms with Crippen molar-refractivity contribution in [3.63, 3.8) is 0 Å². The van der Waals surface area contributed by atoms with Gasteiger partial charge in [-0.3, -0.25) is 4.79 Å². The Morgan fingerprint density at radius 2 is 2.05 bits per heavy atom. The van der Waals surface area contributed by atoms with Crippen LogP contribution < -0.4 is 10.2 Å². The van der Waals surface area contributed by atoms with Gasteiger partial charge in [0.05, 0.1) is 0 Å². The fraction of sp³-hybridized carbons (Fsp3) is 0.611. The molecule has 0 saturated heterocycles. The summed E-state index contributed by atoms with van der Waals surface area (Å²) in [6.07, 6.45) is 7.00. The molecule has 21 heavy (non-hydrogen) atoms. The van der Waals surface area contributed by atoms with Gasteiger partial charge in [0, 0.05) is 30.7 Å². The van der Waals surface area contributed by atoms with E-state index < -0.39 is 0 Å². The maximum Gasteiger partial charge on any atom is 0.223 e. The van der Waals surface area contributed by atoms with Gasteiger partial charge < -0.3 is 10.2 Å². The lowest BCUT2D eigenvalue weighted by atomic mass is 9.88. The monoisotopic (exact) mass is 286 g/mol. The topological polar surface area (TPSA) is 32.3 Å². The first kappa shape index (κ1) is 14.4. The number of para-hydroxylation sites is 1. The molecule has 1 aliphatic carbocycles. The number of anilines is 1. The van der Waals surface area contributed by atoms with Gasteiger partial charge in [0.25, 0.3) is 0 Å². The van der Waals surface area contributed by atoms with Gasteiger partial charge in [-0.1, -0.05) is 37.5 Å². The van der Waals surface area contributed by atoms with E-state index in [1.54, 1.807) is 0 Å². The minimum Gasteiger partial charge on any atom is -0.366 e. The molecule has 0 aromatic heterocycles. The van der Waals surface area contributed by atoms with Crippen molar-refractivity contribution in [2.75, 3.05) is 18.0 Å². The SMILES string of the molecule is CC(CNC(=O)C1CCCCC1)N1CCc2ccccc21. The summed E-state index contributed by atoms with van der Waals surface area (Å²) in [4.78, 5) is 14.7. The van der Waals surface area contributed by atoms with Crippen molar-refractivity contribution in [2.45, 2.75) is 51.5 Å². The third-order valence-corrected chi connectivity index (χ3v) is 5.00. The molecule has 3 rings (SSSR count). The van der Waals surface area contributed by atoms with E-state index >= 15 is 0 Å². The first-order chi connectivity index (χ1) is 10.3. The lowest BCUT2D eigenvalue weighted by Crippen LogP contribution is -2.43. The second kappa shape index (κ2) is 6.50. The third kappa shape index (κ3) is 3.22. The summed E-state index contributed by atoms with van der Waals surface area (Å²) in [6.45, 7) is 4.03. The number of benzene rings is 1.